The maximum atomic E-state index is 13.0. The van der Waals surface area contributed by atoms with Crippen LogP contribution in [0.2, 0.25) is 0 Å². The highest BCUT2D eigenvalue weighted by molar-refractivity contribution is 6.13. The number of aliphatic hydroxyl groups is 1. The van der Waals surface area contributed by atoms with Crippen LogP contribution in [0.15, 0.2) is 54.6 Å². The van der Waals surface area contributed by atoms with Gasteiger partial charge in [0.15, 0.2) is 11.5 Å². The molecule has 1 atom stereocenters. The first-order valence-corrected chi connectivity index (χ1v) is 11.1. The Morgan fingerprint density at radius 2 is 1.79 bits per heavy atom. The van der Waals surface area contributed by atoms with E-state index in [0.717, 1.165) is 17.5 Å². The van der Waals surface area contributed by atoms with Crippen molar-refractivity contribution < 1.29 is 24.5 Å². The average molecular weight is 460 g/mol. The Morgan fingerprint density at radius 1 is 1.00 bits per heavy atom. The van der Waals surface area contributed by atoms with Crippen molar-refractivity contribution >= 4 is 28.9 Å². The molecule has 3 aromatic rings. The number of phenolic OH excluding ortho intramolecular Hbond substituents is 1. The topological polar surface area (TPSA) is 111 Å². The number of likely N-dealkylation sites (tertiary alicyclic amines) is 1. The van der Waals surface area contributed by atoms with Gasteiger partial charge in [0.25, 0.3) is 11.8 Å². The lowest BCUT2D eigenvalue weighted by Crippen LogP contribution is -2.42. The number of hydrogen-bond acceptors (Lipinski definition) is 6. The molecule has 174 valence electrons. The fraction of sp³-hybridized carbons (Fsp3) is 0.231. The molecule has 3 aromatic carbocycles. The molecule has 4 N–H and O–H groups in total. The first kappa shape index (κ1) is 21.8. The number of carbonyl (C=O) groups is 2. The summed E-state index contributed by atoms with van der Waals surface area (Å²) in [6.07, 6.45) is 0.961. The van der Waals surface area contributed by atoms with Gasteiger partial charge in [-0.3, -0.25) is 9.59 Å². The number of anilines is 3. The number of aromatic hydroxyl groups is 1. The first-order valence-electron chi connectivity index (χ1n) is 11.1. The molecule has 1 saturated heterocycles. The SMILES string of the molecule is COc1cc(-c2ccc3c(c2)Nc2ccc(C(=O)N4CCCC(O)C4)cc2NC3=O)ccc1O. The molecule has 2 aliphatic heterocycles. The third kappa shape index (κ3) is 4.04. The summed E-state index contributed by atoms with van der Waals surface area (Å²) in [6, 6.07) is 15.7. The molecule has 1 unspecified atom stereocenters. The van der Waals surface area contributed by atoms with Crippen molar-refractivity contribution in [2.45, 2.75) is 18.9 Å². The lowest BCUT2D eigenvalue weighted by molar-refractivity contribution is 0.0474. The number of rotatable bonds is 3. The van der Waals surface area contributed by atoms with E-state index in [1.54, 1.807) is 47.4 Å². The number of carbonyl (C=O) groups excluding carboxylic acids is 2. The minimum absolute atomic E-state index is 0.0526. The van der Waals surface area contributed by atoms with Crippen LogP contribution in [0.4, 0.5) is 17.1 Å². The molecule has 2 heterocycles. The van der Waals surface area contributed by atoms with E-state index in [1.807, 2.05) is 12.1 Å². The number of ether oxygens (including phenoxy) is 1. The summed E-state index contributed by atoms with van der Waals surface area (Å²) < 4.78 is 5.21. The van der Waals surface area contributed by atoms with Crippen molar-refractivity contribution in [3.63, 3.8) is 0 Å². The van der Waals surface area contributed by atoms with Crippen molar-refractivity contribution in [2.24, 2.45) is 0 Å². The van der Waals surface area contributed by atoms with Gasteiger partial charge in [-0.1, -0.05) is 12.1 Å². The zero-order chi connectivity index (χ0) is 23.8. The van der Waals surface area contributed by atoms with Gasteiger partial charge in [0.2, 0.25) is 0 Å². The van der Waals surface area contributed by atoms with Crippen molar-refractivity contribution in [2.75, 3.05) is 30.8 Å². The maximum Gasteiger partial charge on any atom is 0.257 e. The summed E-state index contributed by atoms with van der Waals surface area (Å²) in [6.45, 7) is 0.921. The number of amides is 2. The smallest absolute Gasteiger partial charge is 0.257 e. The van der Waals surface area contributed by atoms with E-state index < -0.39 is 6.10 Å². The molecular weight excluding hydrogens is 434 g/mol. The Hall–Kier alpha value is -4.04. The minimum atomic E-state index is -0.503. The van der Waals surface area contributed by atoms with Crippen LogP contribution in [0, 0.1) is 0 Å². The highest BCUT2D eigenvalue weighted by Gasteiger charge is 2.25. The van der Waals surface area contributed by atoms with E-state index in [4.69, 9.17) is 4.74 Å². The number of fused-ring (bicyclic) bond motifs is 2. The molecule has 1 fully saturated rings. The zero-order valence-corrected chi connectivity index (χ0v) is 18.7. The van der Waals surface area contributed by atoms with Gasteiger partial charge in [-0.05, 0) is 66.4 Å². The van der Waals surface area contributed by atoms with Gasteiger partial charge < -0.3 is 30.5 Å². The highest BCUT2D eigenvalue weighted by atomic mass is 16.5. The quantitative estimate of drug-likeness (QED) is 0.472. The summed E-state index contributed by atoms with van der Waals surface area (Å²) in [7, 11) is 1.49. The van der Waals surface area contributed by atoms with Crippen LogP contribution in [-0.4, -0.2) is 53.2 Å². The number of β-amino-alcohol motifs (C(OH)–C–C–N with tert-alkyl or cyclic N) is 1. The van der Waals surface area contributed by atoms with Crippen LogP contribution in [0.1, 0.15) is 33.6 Å². The van der Waals surface area contributed by atoms with Crippen LogP contribution < -0.4 is 15.4 Å². The van der Waals surface area contributed by atoms with Gasteiger partial charge >= 0.3 is 0 Å². The number of benzene rings is 3. The van der Waals surface area contributed by atoms with Gasteiger partial charge in [-0.25, -0.2) is 0 Å². The lowest BCUT2D eigenvalue weighted by Gasteiger charge is -2.30. The first-order chi connectivity index (χ1) is 16.4. The van der Waals surface area contributed by atoms with Crippen LogP contribution in [0.3, 0.4) is 0 Å². The molecule has 8 heteroatoms. The number of phenols is 1. The monoisotopic (exact) mass is 459 g/mol. The van der Waals surface area contributed by atoms with Crippen LogP contribution in [-0.2, 0) is 0 Å². The normalized spacial score (nSPS) is 17.1. The molecule has 0 bridgehead atoms. The van der Waals surface area contributed by atoms with Gasteiger partial charge in [-0.15, -0.1) is 0 Å². The average Bonchev–Trinajstić information content (AvgIpc) is 2.98. The summed E-state index contributed by atoms with van der Waals surface area (Å²) in [5.74, 6) is -0.0334. The van der Waals surface area contributed by atoms with Gasteiger partial charge in [-0.2, -0.15) is 0 Å². The lowest BCUT2D eigenvalue weighted by atomic mass is 10.0. The number of hydrogen-bond donors (Lipinski definition) is 4. The number of piperidine rings is 1. The molecule has 0 aromatic heterocycles. The van der Waals surface area contributed by atoms with Crippen LogP contribution in [0.5, 0.6) is 11.5 Å². The summed E-state index contributed by atoms with van der Waals surface area (Å²) in [5, 5.41) is 26.0. The molecular formula is C26H25N3O5. The fourth-order valence-corrected chi connectivity index (χ4v) is 4.43. The molecule has 34 heavy (non-hydrogen) atoms. The number of nitrogens with zero attached hydrogens (tertiary/aromatic N) is 1. The second-order valence-corrected chi connectivity index (χ2v) is 8.53. The minimum Gasteiger partial charge on any atom is -0.504 e. The zero-order valence-electron chi connectivity index (χ0n) is 18.7. The number of nitrogens with one attached hydrogen (secondary N) is 2. The second kappa shape index (κ2) is 8.72. The molecule has 0 saturated carbocycles. The Kier molecular flexibility index (Phi) is 5.59. The van der Waals surface area contributed by atoms with Crippen molar-refractivity contribution in [1.29, 1.82) is 0 Å². The summed E-state index contributed by atoms with van der Waals surface area (Å²) in [5.41, 5.74) is 4.40. The summed E-state index contributed by atoms with van der Waals surface area (Å²) in [4.78, 5) is 27.6. The highest BCUT2D eigenvalue weighted by Crippen LogP contribution is 2.37. The second-order valence-electron chi connectivity index (χ2n) is 8.53. The largest absolute Gasteiger partial charge is 0.504 e. The fourth-order valence-electron chi connectivity index (χ4n) is 4.43. The van der Waals surface area contributed by atoms with E-state index in [2.05, 4.69) is 10.6 Å². The van der Waals surface area contributed by atoms with Gasteiger partial charge in [0, 0.05) is 18.7 Å². The molecule has 2 amide bonds. The van der Waals surface area contributed by atoms with Crippen LogP contribution >= 0.6 is 0 Å². The van der Waals surface area contributed by atoms with E-state index in [0.29, 0.717) is 53.4 Å². The molecule has 5 rings (SSSR count). The van der Waals surface area contributed by atoms with Gasteiger partial charge in [0.05, 0.1) is 35.8 Å². The van der Waals surface area contributed by atoms with Crippen molar-refractivity contribution in [3.8, 4) is 22.6 Å². The van der Waals surface area contributed by atoms with Crippen molar-refractivity contribution in [3.05, 3.63) is 65.7 Å². The third-order valence-corrected chi connectivity index (χ3v) is 6.25. The summed E-state index contributed by atoms with van der Waals surface area (Å²) >= 11 is 0. The molecule has 0 spiro atoms. The Morgan fingerprint density at radius 3 is 2.59 bits per heavy atom. The van der Waals surface area contributed by atoms with E-state index in [9.17, 15) is 19.8 Å². The van der Waals surface area contributed by atoms with E-state index in [1.165, 1.54) is 7.11 Å². The predicted octanol–water partition coefficient (Wildman–Crippen LogP) is 3.97. The van der Waals surface area contributed by atoms with E-state index >= 15 is 0 Å². The Balaban J connectivity index is 1.45. The number of methoxy groups -OCH3 is 1. The predicted molar refractivity (Wildman–Crippen MR) is 129 cm³/mol. The number of aliphatic hydroxyl groups excluding tert-OH is 1. The Bertz CT molecular complexity index is 1290. The van der Waals surface area contributed by atoms with Gasteiger partial charge in [0.1, 0.15) is 0 Å². The van der Waals surface area contributed by atoms with Crippen LogP contribution in [0.25, 0.3) is 11.1 Å². The molecule has 8 nitrogen and oxygen atoms in total. The molecule has 0 radical (unpaired) electrons. The maximum absolute atomic E-state index is 13.0. The third-order valence-electron chi connectivity index (χ3n) is 6.25. The molecule has 2 aliphatic rings. The Labute approximate surface area is 196 Å². The standard InChI is InChI=1S/C26H25N3O5/c1-34-24-13-16(6-9-23(24)31)15-4-7-19-21(11-15)27-20-8-5-17(12-22(20)28-25(19)32)26(33)29-10-2-3-18(30)14-29/h4-9,11-13,18,27,30-31H,2-3,10,14H2,1H3,(H,28,32). The molecule has 0 aliphatic carbocycles. The van der Waals surface area contributed by atoms with Crippen molar-refractivity contribution in [1.82, 2.24) is 4.90 Å². The van der Waals surface area contributed by atoms with E-state index in [-0.39, 0.29) is 17.6 Å².